The summed E-state index contributed by atoms with van der Waals surface area (Å²) in [6.45, 7) is 1.77. The number of rotatable bonds is 3. The zero-order valence-electron chi connectivity index (χ0n) is 9.26. The molecular formula is C12H17NO2S. The Morgan fingerprint density at radius 2 is 2.50 bits per heavy atom. The molecule has 0 bridgehead atoms. The van der Waals surface area contributed by atoms with E-state index in [1.165, 1.54) is 0 Å². The number of hydrogen-bond donors (Lipinski definition) is 1. The highest BCUT2D eigenvalue weighted by atomic mass is 32.1. The number of nitrogens with zero attached hydrogens (tertiary/aromatic N) is 1. The van der Waals surface area contributed by atoms with Crippen LogP contribution in [-0.2, 0) is 11.2 Å². The van der Waals surface area contributed by atoms with Gasteiger partial charge in [0.25, 0.3) is 0 Å². The van der Waals surface area contributed by atoms with E-state index in [9.17, 15) is 4.79 Å². The number of carbonyl (C=O) groups excluding carboxylic acids is 1. The molecule has 1 N–H and O–H groups in total. The second-order valence-corrected chi connectivity index (χ2v) is 5.12. The fraction of sp³-hybridized carbons (Fsp3) is 0.583. The molecule has 0 aliphatic carbocycles. The van der Waals surface area contributed by atoms with Gasteiger partial charge < -0.3 is 10.0 Å². The van der Waals surface area contributed by atoms with Gasteiger partial charge in [0.15, 0.2) is 0 Å². The highest BCUT2D eigenvalue weighted by molar-refractivity contribution is 7.07. The zero-order valence-corrected chi connectivity index (χ0v) is 10.1. The summed E-state index contributed by atoms with van der Waals surface area (Å²) < 4.78 is 0. The number of carbonyl (C=O) groups is 1. The molecule has 1 fully saturated rings. The number of hydrogen-bond acceptors (Lipinski definition) is 3. The van der Waals surface area contributed by atoms with Crippen molar-refractivity contribution in [3.63, 3.8) is 0 Å². The zero-order chi connectivity index (χ0) is 11.4. The molecule has 1 amide bonds. The lowest BCUT2D eigenvalue weighted by Crippen LogP contribution is -2.41. The van der Waals surface area contributed by atoms with E-state index in [0.29, 0.717) is 6.42 Å². The van der Waals surface area contributed by atoms with Gasteiger partial charge in [0, 0.05) is 19.7 Å². The van der Waals surface area contributed by atoms with E-state index in [2.05, 4.69) is 0 Å². The van der Waals surface area contributed by atoms with Crippen LogP contribution in [0.25, 0.3) is 0 Å². The van der Waals surface area contributed by atoms with Gasteiger partial charge >= 0.3 is 0 Å². The third kappa shape index (κ3) is 2.83. The number of amides is 1. The van der Waals surface area contributed by atoms with Gasteiger partial charge in [0.05, 0.1) is 6.42 Å². The van der Waals surface area contributed by atoms with Gasteiger partial charge in [-0.2, -0.15) is 11.3 Å². The Morgan fingerprint density at radius 1 is 1.62 bits per heavy atom. The highest BCUT2D eigenvalue weighted by Crippen LogP contribution is 2.17. The fourth-order valence-electron chi connectivity index (χ4n) is 2.12. The van der Waals surface area contributed by atoms with Crippen LogP contribution in [0.1, 0.15) is 18.4 Å². The molecule has 1 aromatic rings. The van der Waals surface area contributed by atoms with Crippen molar-refractivity contribution >= 4 is 17.2 Å². The molecule has 1 aliphatic rings. The molecule has 0 radical (unpaired) electrons. The predicted octanol–water partition coefficient (Wildman–Crippen LogP) is 1.52. The maximum atomic E-state index is 12.0. The van der Waals surface area contributed by atoms with E-state index in [0.717, 1.165) is 31.5 Å². The lowest BCUT2D eigenvalue weighted by Gasteiger charge is -2.31. The van der Waals surface area contributed by atoms with Crippen LogP contribution in [0, 0.1) is 5.92 Å². The highest BCUT2D eigenvalue weighted by Gasteiger charge is 2.22. The van der Waals surface area contributed by atoms with Crippen LogP contribution >= 0.6 is 11.3 Å². The molecule has 1 atom stereocenters. The Hall–Kier alpha value is -0.870. The van der Waals surface area contributed by atoms with Crippen LogP contribution in [0.5, 0.6) is 0 Å². The number of aliphatic hydroxyl groups is 1. The molecule has 0 unspecified atom stereocenters. The Labute approximate surface area is 99.7 Å². The van der Waals surface area contributed by atoms with E-state index >= 15 is 0 Å². The third-order valence-corrected chi connectivity index (χ3v) is 3.80. The summed E-state index contributed by atoms with van der Waals surface area (Å²) in [6.07, 6.45) is 2.56. The number of aliphatic hydroxyl groups excluding tert-OH is 1. The molecule has 3 nitrogen and oxygen atoms in total. The Morgan fingerprint density at radius 3 is 3.19 bits per heavy atom. The second kappa shape index (κ2) is 5.46. The van der Waals surface area contributed by atoms with Crippen LogP contribution in [0.15, 0.2) is 16.8 Å². The molecule has 16 heavy (non-hydrogen) atoms. The van der Waals surface area contributed by atoms with Crippen molar-refractivity contribution in [2.24, 2.45) is 5.92 Å². The van der Waals surface area contributed by atoms with Gasteiger partial charge in [-0.15, -0.1) is 0 Å². The average Bonchev–Trinajstić information content (AvgIpc) is 2.82. The minimum absolute atomic E-state index is 0.191. The first-order chi connectivity index (χ1) is 7.79. The minimum Gasteiger partial charge on any atom is -0.396 e. The summed E-state index contributed by atoms with van der Waals surface area (Å²) in [5.74, 6) is 0.469. The summed E-state index contributed by atoms with van der Waals surface area (Å²) in [5.41, 5.74) is 1.10. The molecule has 2 heterocycles. The van der Waals surface area contributed by atoms with Crippen molar-refractivity contribution in [1.29, 1.82) is 0 Å². The van der Waals surface area contributed by atoms with Crippen LogP contribution in [-0.4, -0.2) is 35.6 Å². The first-order valence-electron chi connectivity index (χ1n) is 5.69. The molecule has 1 aliphatic heterocycles. The summed E-state index contributed by atoms with van der Waals surface area (Å²) in [6, 6.07) is 2.00. The van der Waals surface area contributed by atoms with Crippen LogP contribution in [0.4, 0.5) is 0 Å². The van der Waals surface area contributed by atoms with Gasteiger partial charge in [0.2, 0.25) is 5.91 Å². The van der Waals surface area contributed by atoms with E-state index in [1.807, 2.05) is 21.7 Å². The molecular weight excluding hydrogens is 222 g/mol. The standard InChI is InChI=1S/C12H17NO2S/c14-8-11-2-1-4-13(7-11)12(15)6-10-3-5-16-9-10/h3,5,9,11,14H,1-2,4,6-8H2/t11-/m0/s1. The second-order valence-electron chi connectivity index (χ2n) is 4.34. The molecule has 2 rings (SSSR count). The molecule has 88 valence electrons. The monoisotopic (exact) mass is 239 g/mol. The Kier molecular flexibility index (Phi) is 3.96. The van der Waals surface area contributed by atoms with Crippen molar-refractivity contribution in [3.05, 3.63) is 22.4 Å². The largest absolute Gasteiger partial charge is 0.396 e. The quantitative estimate of drug-likeness (QED) is 0.869. The fourth-order valence-corrected chi connectivity index (χ4v) is 2.79. The minimum atomic E-state index is 0.191. The van der Waals surface area contributed by atoms with Crippen molar-refractivity contribution < 1.29 is 9.90 Å². The van der Waals surface area contributed by atoms with Crippen molar-refractivity contribution in [2.75, 3.05) is 19.7 Å². The lowest BCUT2D eigenvalue weighted by atomic mass is 9.98. The number of likely N-dealkylation sites (tertiary alicyclic amines) is 1. The van der Waals surface area contributed by atoms with Gasteiger partial charge in [-0.25, -0.2) is 0 Å². The third-order valence-electron chi connectivity index (χ3n) is 3.07. The van der Waals surface area contributed by atoms with E-state index in [1.54, 1.807) is 11.3 Å². The van der Waals surface area contributed by atoms with Gasteiger partial charge in [-0.05, 0) is 41.1 Å². The van der Waals surface area contributed by atoms with E-state index < -0.39 is 0 Å². The molecule has 1 saturated heterocycles. The van der Waals surface area contributed by atoms with Crippen molar-refractivity contribution in [1.82, 2.24) is 4.90 Å². The summed E-state index contributed by atoms with van der Waals surface area (Å²) in [4.78, 5) is 13.9. The summed E-state index contributed by atoms with van der Waals surface area (Å²) >= 11 is 1.62. The van der Waals surface area contributed by atoms with Crippen LogP contribution in [0.3, 0.4) is 0 Å². The Bertz CT molecular complexity index is 337. The SMILES string of the molecule is O=C(Cc1ccsc1)N1CCC[C@H](CO)C1. The van der Waals surface area contributed by atoms with Crippen molar-refractivity contribution in [3.8, 4) is 0 Å². The average molecular weight is 239 g/mol. The maximum Gasteiger partial charge on any atom is 0.227 e. The Balaban J connectivity index is 1.89. The molecule has 0 spiro atoms. The van der Waals surface area contributed by atoms with E-state index in [4.69, 9.17) is 5.11 Å². The number of thiophene rings is 1. The van der Waals surface area contributed by atoms with Crippen molar-refractivity contribution in [2.45, 2.75) is 19.3 Å². The van der Waals surface area contributed by atoms with Gasteiger partial charge in [-0.3, -0.25) is 4.79 Å². The topological polar surface area (TPSA) is 40.5 Å². The predicted molar refractivity (Wildman–Crippen MR) is 64.4 cm³/mol. The lowest BCUT2D eigenvalue weighted by molar-refractivity contribution is -0.132. The van der Waals surface area contributed by atoms with Crippen LogP contribution in [0.2, 0.25) is 0 Å². The normalized spacial score (nSPS) is 21.1. The molecule has 0 aromatic carbocycles. The van der Waals surface area contributed by atoms with E-state index in [-0.39, 0.29) is 18.4 Å². The van der Waals surface area contributed by atoms with Gasteiger partial charge in [-0.1, -0.05) is 0 Å². The smallest absolute Gasteiger partial charge is 0.227 e. The molecule has 4 heteroatoms. The number of piperidine rings is 1. The maximum absolute atomic E-state index is 12.0. The summed E-state index contributed by atoms with van der Waals surface area (Å²) in [7, 11) is 0. The summed E-state index contributed by atoms with van der Waals surface area (Å²) in [5, 5.41) is 13.1. The first-order valence-corrected chi connectivity index (χ1v) is 6.63. The first kappa shape index (κ1) is 11.6. The van der Waals surface area contributed by atoms with Gasteiger partial charge in [0.1, 0.15) is 0 Å². The molecule has 1 aromatic heterocycles. The van der Waals surface area contributed by atoms with Crippen LogP contribution < -0.4 is 0 Å². The molecule has 0 saturated carbocycles.